The maximum Gasteiger partial charge on any atom is 0.339 e. The molecule has 116 valence electrons. The third kappa shape index (κ3) is 2.50. The zero-order chi connectivity index (χ0) is 16.7. The molecule has 3 rings (SSSR count). The summed E-state index contributed by atoms with van der Waals surface area (Å²) in [5.41, 5.74) is 1.42. The standard InChI is InChI=1S/C18H13FO4/c1-9-7-13-14(20)8-15(11-3-5-12(19)6-4-11)23-17(13)16(10(9)2)18(21)22/h3-8H,1-2H3,(H,21,22). The van der Waals surface area contributed by atoms with Crippen LogP contribution in [0.1, 0.15) is 21.5 Å². The van der Waals surface area contributed by atoms with E-state index in [-0.39, 0.29) is 27.7 Å². The first-order chi connectivity index (χ1) is 10.9. The van der Waals surface area contributed by atoms with Crippen molar-refractivity contribution >= 4 is 16.9 Å². The number of benzene rings is 2. The second-order valence-electron chi connectivity index (χ2n) is 5.36. The lowest BCUT2D eigenvalue weighted by Gasteiger charge is -2.10. The van der Waals surface area contributed by atoms with E-state index < -0.39 is 11.8 Å². The molecule has 0 aliphatic carbocycles. The summed E-state index contributed by atoms with van der Waals surface area (Å²) in [5, 5.41) is 9.68. The molecule has 0 amide bonds. The van der Waals surface area contributed by atoms with E-state index in [4.69, 9.17) is 4.42 Å². The van der Waals surface area contributed by atoms with E-state index in [1.165, 1.54) is 30.3 Å². The Morgan fingerprint density at radius 1 is 1.13 bits per heavy atom. The lowest BCUT2D eigenvalue weighted by molar-refractivity contribution is 0.0697. The van der Waals surface area contributed by atoms with Crippen LogP contribution >= 0.6 is 0 Å². The monoisotopic (exact) mass is 312 g/mol. The van der Waals surface area contributed by atoms with Crippen LogP contribution in [0.2, 0.25) is 0 Å². The molecule has 23 heavy (non-hydrogen) atoms. The zero-order valence-corrected chi connectivity index (χ0v) is 12.5. The molecule has 1 N–H and O–H groups in total. The Morgan fingerprint density at radius 3 is 2.39 bits per heavy atom. The average Bonchev–Trinajstić information content (AvgIpc) is 2.49. The van der Waals surface area contributed by atoms with Gasteiger partial charge in [-0.15, -0.1) is 0 Å². The van der Waals surface area contributed by atoms with Crippen molar-refractivity contribution in [3.8, 4) is 11.3 Å². The zero-order valence-electron chi connectivity index (χ0n) is 12.5. The molecule has 0 aliphatic rings. The third-order valence-corrected chi connectivity index (χ3v) is 3.88. The second kappa shape index (κ2) is 5.35. The molecule has 2 aromatic carbocycles. The second-order valence-corrected chi connectivity index (χ2v) is 5.36. The van der Waals surface area contributed by atoms with Gasteiger partial charge < -0.3 is 9.52 Å². The fraction of sp³-hybridized carbons (Fsp3) is 0.111. The number of carboxylic acids is 1. The SMILES string of the molecule is Cc1cc2c(=O)cc(-c3ccc(F)cc3)oc2c(C(=O)O)c1C. The predicted octanol–water partition coefficient (Wildman–Crippen LogP) is 3.91. The van der Waals surface area contributed by atoms with E-state index in [1.807, 2.05) is 0 Å². The van der Waals surface area contributed by atoms with Crippen molar-refractivity contribution in [1.29, 1.82) is 0 Å². The topological polar surface area (TPSA) is 67.5 Å². The Hall–Kier alpha value is -2.95. The number of aromatic carboxylic acids is 1. The normalized spacial score (nSPS) is 10.9. The van der Waals surface area contributed by atoms with Crippen molar-refractivity contribution in [1.82, 2.24) is 0 Å². The number of rotatable bonds is 2. The summed E-state index contributed by atoms with van der Waals surface area (Å²) in [7, 11) is 0. The smallest absolute Gasteiger partial charge is 0.339 e. The number of hydrogen-bond donors (Lipinski definition) is 1. The molecule has 1 heterocycles. The Kier molecular flexibility index (Phi) is 3.48. The molecule has 0 saturated carbocycles. The van der Waals surface area contributed by atoms with Crippen LogP contribution in [0.4, 0.5) is 4.39 Å². The molecule has 5 heteroatoms. The summed E-state index contributed by atoms with van der Waals surface area (Å²) < 4.78 is 18.7. The summed E-state index contributed by atoms with van der Waals surface area (Å²) in [6, 6.07) is 8.35. The number of carboxylic acid groups (broad SMARTS) is 1. The first-order valence-corrected chi connectivity index (χ1v) is 6.96. The lowest BCUT2D eigenvalue weighted by Crippen LogP contribution is -2.08. The van der Waals surface area contributed by atoms with E-state index in [2.05, 4.69) is 0 Å². The molecular formula is C18H13FO4. The van der Waals surface area contributed by atoms with Crippen molar-refractivity contribution < 1.29 is 18.7 Å². The predicted molar refractivity (Wildman–Crippen MR) is 84.3 cm³/mol. The number of fused-ring (bicyclic) bond motifs is 1. The van der Waals surface area contributed by atoms with Crippen molar-refractivity contribution in [2.24, 2.45) is 0 Å². The molecule has 0 fully saturated rings. The molecular weight excluding hydrogens is 299 g/mol. The average molecular weight is 312 g/mol. The van der Waals surface area contributed by atoms with Gasteiger partial charge in [-0.1, -0.05) is 0 Å². The molecule has 0 saturated heterocycles. The lowest BCUT2D eigenvalue weighted by atomic mass is 9.99. The minimum absolute atomic E-state index is 0.0268. The van der Waals surface area contributed by atoms with Gasteiger partial charge in [0.05, 0.1) is 5.39 Å². The maximum absolute atomic E-state index is 13.0. The fourth-order valence-electron chi connectivity index (χ4n) is 2.53. The van der Waals surface area contributed by atoms with Crippen LogP contribution in [0.3, 0.4) is 0 Å². The van der Waals surface area contributed by atoms with Gasteiger partial charge in [0.15, 0.2) is 11.0 Å². The molecule has 1 aromatic heterocycles. The molecule has 0 spiro atoms. The van der Waals surface area contributed by atoms with Crippen LogP contribution in [-0.4, -0.2) is 11.1 Å². The van der Waals surface area contributed by atoms with E-state index in [9.17, 15) is 19.1 Å². The number of hydrogen-bond acceptors (Lipinski definition) is 3. The number of aryl methyl sites for hydroxylation is 1. The van der Waals surface area contributed by atoms with Gasteiger partial charge in [0.25, 0.3) is 0 Å². The summed E-state index contributed by atoms with van der Waals surface area (Å²) in [6.45, 7) is 3.41. The molecule has 0 aliphatic heterocycles. The van der Waals surface area contributed by atoms with E-state index in [0.29, 0.717) is 16.7 Å². The van der Waals surface area contributed by atoms with Gasteiger partial charge in [0.1, 0.15) is 17.1 Å². The highest BCUT2D eigenvalue weighted by molar-refractivity contribution is 6.03. The van der Waals surface area contributed by atoms with E-state index in [1.54, 1.807) is 19.9 Å². The van der Waals surface area contributed by atoms with Crippen LogP contribution in [0.5, 0.6) is 0 Å². The summed E-state index contributed by atoms with van der Waals surface area (Å²) in [5.74, 6) is -1.36. The minimum atomic E-state index is -1.16. The number of carbonyl (C=O) groups is 1. The van der Waals surface area contributed by atoms with Gasteiger partial charge >= 0.3 is 5.97 Å². The van der Waals surface area contributed by atoms with Crippen molar-refractivity contribution in [2.75, 3.05) is 0 Å². The minimum Gasteiger partial charge on any atom is -0.478 e. The molecule has 0 unspecified atom stereocenters. The number of halogens is 1. The van der Waals surface area contributed by atoms with Crippen LogP contribution < -0.4 is 5.43 Å². The van der Waals surface area contributed by atoms with E-state index >= 15 is 0 Å². The van der Waals surface area contributed by atoms with Gasteiger partial charge in [0.2, 0.25) is 0 Å². The Morgan fingerprint density at radius 2 is 1.78 bits per heavy atom. The molecule has 3 aromatic rings. The Balaban J connectivity index is 2.39. The van der Waals surface area contributed by atoms with Crippen LogP contribution in [0.15, 0.2) is 45.6 Å². The molecule has 0 atom stereocenters. The highest BCUT2D eigenvalue weighted by Gasteiger charge is 2.19. The van der Waals surface area contributed by atoms with Gasteiger partial charge in [-0.2, -0.15) is 0 Å². The highest BCUT2D eigenvalue weighted by Crippen LogP contribution is 2.28. The van der Waals surface area contributed by atoms with Gasteiger partial charge in [0, 0.05) is 11.6 Å². The molecule has 0 bridgehead atoms. The maximum atomic E-state index is 13.0. The van der Waals surface area contributed by atoms with Crippen LogP contribution in [0, 0.1) is 19.7 Å². The quantitative estimate of drug-likeness (QED) is 0.779. The Bertz CT molecular complexity index is 985. The van der Waals surface area contributed by atoms with Gasteiger partial charge in [-0.05, 0) is 55.3 Å². The molecule has 4 nitrogen and oxygen atoms in total. The van der Waals surface area contributed by atoms with Crippen molar-refractivity contribution in [2.45, 2.75) is 13.8 Å². The first kappa shape index (κ1) is 15.0. The van der Waals surface area contributed by atoms with Gasteiger partial charge in [-0.25, -0.2) is 9.18 Å². The van der Waals surface area contributed by atoms with E-state index in [0.717, 1.165) is 0 Å². The van der Waals surface area contributed by atoms with Crippen LogP contribution in [-0.2, 0) is 0 Å². The Labute approximate surface area is 130 Å². The third-order valence-electron chi connectivity index (χ3n) is 3.88. The fourth-order valence-corrected chi connectivity index (χ4v) is 2.53. The summed E-state index contributed by atoms with van der Waals surface area (Å²) in [4.78, 5) is 23.9. The molecule has 0 radical (unpaired) electrons. The van der Waals surface area contributed by atoms with Crippen molar-refractivity contribution in [3.63, 3.8) is 0 Å². The largest absolute Gasteiger partial charge is 0.478 e. The summed E-state index contributed by atoms with van der Waals surface area (Å²) >= 11 is 0. The van der Waals surface area contributed by atoms with Gasteiger partial charge in [-0.3, -0.25) is 4.79 Å². The van der Waals surface area contributed by atoms with Crippen molar-refractivity contribution in [3.05, 3.63) is 69.1 Å². The highest BCUT2D eigenvalue weighted by atomic mass is 19.1. The van der Waals surface area contributed by atoms with Crippen LogP contribution in [0.25, 0.3) is 22.3 Å². The summed E-state index contributed by atoms with van der Waals surface area (Å²) in [6.07, 6.45) is 0. The first-order valence-electron chi connectivity index (χ1n) is 6.96.